The lowest BCUT2D eigenvalue weighted by Crippen LogP contribution is -2.35. The number of thiophene rings is 1. The molecule has 0 amide bonds. The highest BCUT2D eigenvalue weighted by atomic mass is 32.2. The highest BCUT2D eigenvalue weighted by Crippen LogP contribution is 2.36. The van der Waals surface area contributed by atoms with E-state index in [9.17, 15) is 8.42 Å². The van der Waals surface area contributed by atoms with Gasteiger partial charge in [-0.25, -0.2) is 8.42 Å². The highest BCUT2D eigenvalue weighted by molar-refractivity contribution is 7.94. The molecule has 3 rings (SSSR count). The molecule has 0 unspecified atom stereocenters. The van der Waals surface area contributed by atoms with E-state index in [-0.39, 0.29) is 0 Å². The molecule has 0 saturated carbocycles. The van der Waals surface area contributed by atoms with Crippen LogP contribution in [0.5, 0.6) is 0 Å². The van der Waals surface area contributed by atoms with Crippen LogP contribution in [0, 0.1) is 6.92 Å². The van der Waals surface area contributed by atoms with Gasteiger partial charge in [0.2, 0.25) is 0 Å². The van der Waals surface area contributed by atoms with Gasteiger partial charge in [0.15, 0.2) is 0 Å². The Hall–Kier alpha value is -1.53. The Labute approximate surface area is 122 Å². The van der Waals surface area contributed by atoms with Gasteiger partial charge in [-0.2, -0.15) is 0 Å². The largest absolute Gasteiger partial charge is 0.398 e. The zero-order valence-electron chi connectivity index (χ0n) is 11.2. The Morgan fingerprint density at radius 2 is 2.05 bits per heavy atom. The predicted molar refractivity (Wildman–Crippen MR) is 82.8 cm³/mol. The molecule has 1 aliphatic rings. The molecule has 1 aromatic heterocycles. The second-order valence-electron chi connectivity index (χ2n) is 4.89. The Balaban J connectivity index is 2.11. The van der Waals surface area contributed by atoms with Crippen LogP contribution in [0.2, 0.25) is 0 Å². The lowest BCUT2D eigenvalue weighted by molar-refractivity contribution is 0.588. The van der Waals surface area contributed by atoms with Crippen molar-refractivity contribution in [2.24, 2.45) is 0 Å². The van der Waals surface area contributed by atoms with Gasteiger partial charge in [0.1, 0.15) is 4.21 Å². The molecule has 2 aromatic rings. The van der Waals surface area contributed by atoms with E-state index in [2.05, 4.69) is 0 Å². The minimum absolute atomic E-state index is 0.394. The molecule has 2 N–H and O–H groups in total. The predicted octanol–water partition coefficient (Wildman–Crippen LogP) is 2.78. The van der Waals surface area contributed by atoms with Gasteiger partial charge >= 0.3 is 0 Å². The Morgan fingerprint density at radius 3 is 2.75 bits per heavy atom. The summed E-state index contributed by atoms with van der Waals surface area (Å²) in [5.74, 6) is 0. The van der Waals surface area contributed by atoms with Crippen LogP contribution in [-0.2, 0) is 16.4 Å². The standard InChI is InChI=1S/C14H16N2O2S2/c1-10-7-8-14(19-10)20(17,18)16-9-3-4-11-12(15)5-2-6-13(11)16/h2,5-8H,3-4,9,15H2,1H3. The lowest BCUT2D eigenvalue weighted by atomic mass is 10.0. The summed E-state index contributed by atoms with van der Waals surface area (Å²) in [6.07, 6.45) is 1.63. The second kappa shape index (κ2) is 4.79. The van der Waals surface area contributed by atoms with Crippen molar-refractivity contribution in [3.05, 3.63) is 40.8 Å². The van der Waals surface area contributed by atoms with Crippen molar-refractivity contribution in [1.29, 1.82) is 0 Å². The monoisotopic (exact) mass is 308 g/mol. The molecule has 4 nitrogen and oxygen atoms in total. The maximum absolute atomic E-state index is 12.8. The van der Waals surface area contributed by atoms with Crippen LogP contribution in [0.3, 0.4) is 0 Å². The van der Waals surface area contributed by atoms with E-state index in [1.807, 2.05) is 31.2 Å². The van der Waals surface area contributed by atoms with E-state index >= 15 is 0 Å². The first-order chi connectivity index (χ1) is 9.50. The minimum Gasteiger partial charge on any atom is -0.398 e. The fraction of sp³-hybridized carbons (Fsp3) is 0.286. The third-order valence-corrected chi connectivity index (χ3v) is 6.79. The normalized spacial score (nSPS) is 15.2. The van der Waals surface area contributed by atoms with Gasteiger partial charge in [-0.1, -0.05) is 6.07 Å². The molecule has 1 aromatic carbocycles. The summed E-state index contributed by atoms with van der Waals surface area (Å²) in [5, 5.41) is 0. The van der Waals surface area contributed by atoms with Gasteiger partial charge in [0.25, 0.3) is 10.0 Å². The minimum atomic E-state index is -3.48. The maximum atomic E-state index is 12.8. The Morgan fingerprint density at radius 1 is 1.25 bits per heavy atom. The molecule has 0 saturated heterocycles. The first kappa shape index (κ1) is 13.5. The average Bonchev–Trinajstić information content (AvgIpc) is 2.86. The van der Waals surface area contributed by atoms with Gasteiger partial charge < -0.3 is 5.73 Å². The number of anilines is 2. The van der Waals surface area contributed by atoms with Crippen molar-refractivity contribution in [3.8, 4) is 0 Å². The number of nitrogen functional groups attached to an aromatic ring is 1. The van der Waals surface area contributed by atoms with E-state index in [1.54, 1.807) is 6.07 Å². The van der Waals surface area contributed by atoms with E-state index in [4.69, 9.17) is 5.73 Å². The molecule has 20 heavy (non-hydrogen) atoms. The van der Waals surface area contributed by atoms with Crippen molar-refractivity contribution < 1.29 is 8.42 Å². The number of aryl methyl sites for hydroxylation is 1. The molecule has 1 aliphatic heterocycles. The van der Waals surface area contributed by atoms with Crippen LogP contribution in [-0.4, -0.2) is 15.0 Å². The van der Waals surface area contributed by atoms with Gasteiger partial charge in [-0.15, -0.1) is 11.3 Å². The SMILES string of the molecule is Cc1ccc(S(=O)(=O)N2CCCc3c(N)cccc32)s1. The molecule has 0 spiro atoms. The average molecular weight is 308 g/mol. The van der Waals surface area contributed by atoms with Gasteiger partial charge in [-0.05, 0) is 49.6 Å². The van der Waals surface area contributed by atoms with E-state index < -0.39 is 10.0 Å². The molecular formula is C14H16N2O2S2. The summed E-state index contributed by atoms with van der Waals surface area (Å²) >= 11 is 1.31. The van der Waals surface area contributed by atoms with Gasteiger partial charge in [0, 0.05) is 17.1 Å². The van der Waals surface area contributed by atoms with Crippen LogP contribution in [0.25, 0.3) is 0 Å². The molecule has 2 heterocycles. The molecule has 0 fully saturated rings. The number of nitrogens with zero attached hydrogens (tertiary/aromatic N) is 1. The van der Waals surface area contributed by atoms with E-state index in [1.165, 1.54) is 15.6 Å². The number of sulfonamides is 1. The third-order valence-electron chi connectivity index (χ3n) is 3.50. The number of benzene rings is 1. The van der Waals surface area contributed by atoms with Crippen molar-refractivity contribution in [1.82, 2.24) is 0 Å². The van der Waals surface area contributed by atoms with Gasteiger partial charge in [0.05, 0.1) is 5.69 Å². The van der Waals surface area contributed by atoms with Gasteiger partial charge in [-0.3, -0.25) is 4.31 Å². The quantitative estimate of drug-likeness (QED) is 0.868. The fourth-order valence-electron chi connectivity index (χ4n) is 2.53. The van der Waals surface area contributed by atoms with Crippen LogP contribution in [0.4, 0.5) is 11.4 Å². The van der Waals surface area contributed by atoms with Crippen molar-refractivity contribution >= 4 is 32.7 Å². The lowest BCUT2D eigenvalue weighted by Gasteiger charge is -2.30. The molecule has 0 aliphatic carbocycles. The summed E-state index contributed by atoms with van der Waals surface area (Å²) in [5.41, 5.74) is 8.31. The zero-order chi connectivity index (χ0) is 14.3. The maximum Gasteiger partial charge on any atom is 0.273 e. The highest BCUT2D eigenvalue weighted by Gasteiger charge is 2.30. The van der Waals surface area contributed by atoms with Crippen LogP contribution < -0.4 is 10.0 Å². The van der Waals surface area contributed by atoms with Crippen LogP contribution >= 0.6 is 11.3 Å². The van der Waals surface area contributed by atoms with E-state index in [0.717, 1.165) is 29.0 Å². The number of hydrogen-bond donors (Lipinski definition) is 1. The molecule has 6 heteroatoms. The summed E-state index contributed by atoms with van der Waals surface area (Å²) in [7, 11) is -3.48. The summed E-state index contributed by atoms with van der Waals surface area (Å²) in [6.45, 7) is 2.42. The van der Waals surface area contributed by atoms with Crippen molar-refractivity contribution in [3.63, 3.8) is 0 Å². The first-order valence-electron chi connectivity index (χ1n) is 6.47. The van der Waals surface area contributed by atoms with E-state index in [0.29, 0.717) is 16.4 Å². The molecular weight excluding hydrogens is 292 g/mol. The number of nitrogens with two attached hydrogens (primary N) is 1. The number of rotatable bonds is 2. The first-order valence-corrected chi connectivity index (χ1v) is 8.72. The van der Waals surface area contributed by atoms with Crippen molar-refractivity contribution in [2.75, 3.05) is 16.6 Å². The topological polar surface area (TPSA) is 63.4 Å². The Bertz CT molecular complexity index is 750. The smallest absolute Gasteiger partial charge is 0.273 e. The molecule has 0 radical (unpaired) electrons. The zero-order valence-corrected chi connectivity index (χ0v) is 12.8. The molecule has 0 atom stereocenters. The van der Waals surface area contributed by atoms with Crippen molar-refractivity contribution in [2.45, 2.75) is 24.0 Å². The van der Waals surface area contributed by atoms with Crippen LogP contribution in [0.15, 0.2) is 34.5 Å². The second-order valence-corrected chi connectivity index (χ2v) is 8.27. The summed E-state index contributed by atoms with van der Waals surface area (Å²) < 4.78 is 27.4. The Kier molecular flexibility index (Phi) is 3.22. The summed E-state index contributed by atoms with van der Waals surface area (Å²) in [4.78, 5) is 0.994. The number of fused-ring (bicyclic) bond motifs is 1. The summed E-state index contributed by atoms with van der Waals surface area (Å²) in [6, 6.07) is 8.98. The fourth-order valence-corrected chi connectivity index (χ4v) is 5.46. The molecule has 0 bridgehead atoms. The molecule has 106 valence electrons. The number of hydrogen-bond acceptors (Lipinski definition) is 4. The third kappa shape index (κ3) is 2.09. The van der Waals surface area contributed by atoms with Crippen LogP contribution in [0.1, 0.15) is 16.9 Å².